The first-order valence-corrected chi connectivity index (χ1v) is 4.22. The molecular weight excluding hydrogens is 152 g/mol. The van der Waals surface area contributed by atoms with Crippen LogP contribution in [0.5, 0.6) is 0 Å². The maximum absolute atomic E-state index is 9.46. The molecule has 0 aliphatic rings. The average molecular weight is 166 g/mol. The number of rotatable bonds is 4. The van der Waals surface area contributed by atoms with E-state index >= 15 is 0 Å². The van der Waals surface area contributed by atoms with Crippen LogP contribution in [-0.4, -0.2) is 5.11 Å². The van der Waals surface area contributed by atoms with Crippen molar-refractivity contribution in [3.05, 3.63) is 36.3 Å². The lowest BCUT2D eigenvalue weighted by atomic mass is 10.2. The van der Waals surface area contributed by atoms with Gasteiger partial charge in [-0.2, -0.15) is 0 Å². The van der Waals surface area contributed by atoms with Crippen molar-refractivity contribution in [1.29, 1.82) is 0 Å². The van der Waals surface area contributed by atoms with Crippen LogP contribution in [0.1, 0.15) is 31.6 Å². The van der Waals surface area contributed by atoms with E-state index in [4.69, 9.17) is 4.42 Å². The third-order valence-electron chi connectivity index (χ3n) is 1.61. The Labute approximate surface area is 72.5 Å². The second kappa shape index (κ2) is 4.78. The lowest BCUT2D eigenvalue weighted by Gasteiger charge is -1.99. The summed E-state index contributed by atoms with van der Waals surface area (Å²) in [5, 5.41) is 9.46. The molecule has 0 aliphatic carbocycles. The number of furan rings is 1. The van der Waals surface area contributed by atoms with Crippen molar-refractivity contribution in [2.24, 2.45) is 0 Å². The molecular formula is C10H14O2. The quantitative estimate of drug-likeness (QED) is 0.697. The fraction of sp³-hybridized carbons (Fsp3) is 0.400. The van der Waals surface area contributed by atoms with Gasteiger partial charge in [-0.15, -0.1) is 0 Å². The molecule has 2 nitrogen and oxygen atoms in total. The lowest BCUT2D eigenvalue weighted by molar-refractivity contribution is 0.197. The van der Waals surface area contributed by atoms with Gasteiger partial charge in [0.15, 0.2) is 0 Å². The van der Waals surface area contributed by atoms with Gasteiger partial charge in [0, 0.05) is 0 Å². The SMILES string of the molecule is CCC/C=C\C(O)c1ccco1. The van der Waals surface area contributed by atoms with Gasteiger partial charge in [-0.3, -0.25) is 0 Å². The molecule has 1 heterocycles. The van der Waals surface area contributed by atoms with E-state index in [-0.39, 0.29) is 0 Å². The molecule has 1 unspecified atom stereocenters. The average Bonchev–Trinajstić information content (AvgIpc) is 2.56. The van der Waals surface area contributed by atoms with E-state index in [1.165, 1.54) is 0 Å². The fourth-order valence-corrected chi connectivity index (χ4v) is 0.946. The Balaban J connectivity index is 2.44. The predicted molar refractivity (Wildman–Crippen MR) is 47.7 cm³/mol. The maximum Gasteiger partial charge on any atom is 0.136 e. The molecule has 0 amide bonds. The van der Waals surface area contributed by atoms with E-state index in [0.29, 0.717) is 5.76 Å². The molecule has 0 saturated carbocycles. The van der Waals surface area contributed by atoms with E-state index in [9.17, 15) is 5.11 Å². The molecule has 1 N–H and O–H groups in total. The summed E-state index contributed by atoms with van der Waals surface area (Å²) in [5.74, 6) is 0.599. The van der Waals surface area contributed by atoms with E-state index in [1.54, 1.807) is 24.5 Å². The first-order valence-electron chi connectivity index (χ1n) is 4.22. The van der Waals surface area contributed by atoms with Gasteiger partial charge in [0.05, 0.1) is 6.26 Å². The summed E-state index contributed by atoms with van der Waals surface area (Å²) in [6, 6.07) is 3.53. The Morgan fingerprint density at radius 3 is 3.08 bits per heavy atom. The van der Waals surface area contributed by atoms with Crippen molar-refractivity contribution in [2.45, 2.75) is 25.9 Å². The largest absolute Gasteiger partial charge is 0.466 e. The van der Waals surface area contributed by atoms with Crippen LogP contribution in [0.15, 0.2) is 35.0 Å². The van der Waals surface area contributed by atoms with E-state index in [0.717, 1.165) is 12.8 Å². The van der Waals surface area contributed by atoms with Gasteiger partial charge < -0.3 is 9.52 Å². The molecule has 2 heteroatoms. The van der Waals surface area contributed by atoms with E-state index in [2.05, 4.69) is 6.92 Å². The highest BCUT2D eigenvalue weighted by Gasteiger charge is 2.04. The summed E-state index contributed by atoms with van der Waals surface area (Å²) in [6.07, 6.45) is 6.78. The fourth-order valence-electron chi connectivity index (χ4n) is 0.946. The molecule has 1 rings (SSSR count). The van der Waals surface area contributed by atoms with Crippen LogP contribution in [0.3, 0.4) is 0 Å². The van der Waals surface area contributed by atoms with E-state index < -0.39 is 6.10 Å². The Kier molecular flexibility index (Phi) is 3.61. The number of allylic oxidation sites excluding steroid dienone is 1. The Morgan fingerprint density at radius 2 is 2.50 bits per heavy atom. The van der Waals surface area contributed by atoms with Crippen molar-refractivity contribution in [3.8, 4) is 0 Å². The molecule has 0 radical (unpaired) electrons. The summed E-state index contributed by atoms with van der Waals surface area (Å²) >= 11 is 0. The minimum Gasteiger partial charge on any atom is -0.466 e. The zero-order valence-corrected chi connectivity index (χ0v) is 7.23. The van der Waals surface area contributed by atoms with Gasteiger partial charge >= 0.3 is 0 Å². The number of hydrogen-bond donors (Lipinski definition) is 1. The summed E-state index contributed by atoms with van der Waals surface area (Å²) < 4.78 is 5.02. The molecule has 0 aliphatic heterocycles. The normalized spacial score (nSPS) is 13.8. The van der Waals surface area contributed by atoms with Crippen molar-refractivity contribution in [1.82, 2.24) is 0 Å². The molecule has 1 atom stereocenters. The van der Waals surface area contributed by atoms with Crippen LogP contribution in [0, 0.1) is 0 Å². The van der Waals surface area contributed by atoms with Crippen LogP contribution >= 0.6 is 0 Å². The Bertz CT molecular complexity index is 224. The van der Waals surface area contributed by atoms with Gasteiger partial charge in [0.25, 0.3) is 0 Å². The number of unbranched alkanes of at least 4 members (excludes halogenated alkanes) is 1. The summed E-state index contributed by atoms with van der Waals surface area (Å²) in [7, 11) is 0. The highest BCUT2D eigenvalue weighted by Crippen LogP contribution is 2.14. The van der Waals surface area contributed by atoms with Gasteiger partial charge in [-0.1, -0.05) is 25.5 Å². The maximum atomic E-state index is 9.46. The Hall–Kier alpha value is -1.02. The highest BCUT2D eigenvalue weighted by atomic mass is 16.4. The first kappa shape index (κ1) is 9.07. The lowest BCUT2D eigenvalue weighted by Crippen LogP contribution is -1.89. The van der Waals surface area contributed by atoms with Gasteiger partial charge in [0.1, 0.15) is 11.9 Å². The van der Waals surface area contributed by atoms with Crippen molar-refractivity contribution < 1.29 is 9.52 Å². The number of aliphatic hydroxyl groups excluding tert-OH is 1. The highest BCUT2D eigenvalue weighted by molar-refractivity contribution is 5.08. The van der Waals surface area contributed by atoms with Crippen LogP contribution in [-0.2, 0) is 0 Å². The molecule has 0 spiro atoms. The van der Waals surface area contributed by atoms with Gasteiger partial charge in [-0.05, 0) is 18.6 Å². The zero-order chi connectivity index (χ0) is 8.81. The van der Waals surface area contributed by atoms with Crippen LogP contribution in [0.4, 0.5) is 0 Å². The minimum absolute atomic E-state index is 0.591. The predicted octanol–water partition coefficient (Wildman–Crippen LogP) is 2.67. The van der Waals surface area contributed by atoms with Crippen LogP contribution in [0.2, 0.25) is 0 Å². The topological polar surface area (TPSA) is 33.4 Å². The standard InChI is InChI=1S/C10H14O2/c1-2-3-4-6-9(11)10-7-5-8-12-10/h4-9,11H,2-3H2,1H3/b6-4-. The van der Waals surface area contributed by atoms with Crippen molar-refractivity contribution >= 4 is 0 Å². The minimum atomic E-state index is -0.591. The van der Waals surface area contributed by atoms with Crippen LogP contribution in [0.25, 0.3) is 0 Å². The molecule has 0 aromatic carbocycles. The second-order valence-corrected chi connectivity index (χ2v) is 2.68. The van der Waals surface area contributed by atoms with Gasteiger partial charge in [0.2, 0.25) is 0 Å². The molecule has 0 fully saturated rings. The number of aliphatic hydroxyl groups is 1. The first-order chi connectivity index (χ1) is 5.84. The zero-order valence-electron chi connectivity index (χ0n) is 7.23. The van der Waals surface area contributed by atoms with Crippen LogP contribution < -0.4 is 0 Å². The summed E-state index contributed by atoms with van der Waals surface area (Å²) in [5.41, 5.74) is 0. The number of hydrogen-bond acceptors (Lipinski definition) is 2. The van der Waals surface area contributed by atoms with Gasteiger partial charge in [-0.25, -0.2) is 0 Å². The van der Waals surface area contributed by atoms with E-state index in [1.807, 2.05) is 6.08 Å². The monoisotopic (exact) mass is 166 g/mol. The van der Waals surface area contributed by atoms with Crippen molar-refractivity contribution in [3.63, 3.8) is 0 Å². The molecule has 12 heavy (non-hydrogen) atoms. The smallest absolute Gasteiger partial charge is 0.136 e. The second-order valence-electron chi connectivity index (χ2n) is 2.68. The summed E-state index contributed by atoms with van der Waals surface area (Å²) in [6.45, 7) is 2.10. The molecule has 1 aromatic heterocycles. The molecule has 1 aromatic rings. The molecule has 0 bridgehead atoms. The molecule has 66 valence electrons. The Morgan fingerprint density at radius 1 is 1.67 bits per heavy atom. The third-order valence-corrected chi connectivity index (χ3v) is 1.61. The third kappa shape index (κ3) is 2.55. The van der Waals surface area contributed by atoms with Crippen molar-refractivity contribution in [2.75, 3.05) is 0 Å². The summed E-state index contributed by atoms with van der Waals surface area (Å²) in [4.78, 5) is 0. The molecule has 0 saturated heterocycles.